The van der Waals surface area contributed by atoms with Gasteiger partial charge < -0.3 is 5.73 Å². The second kappa shape index (κ2) is 3.62. The molecule has 1 aromatic rings. The van der Waals surface area contributed by atoms with E-state index in [1.165, 1.54) is 0 Å². The first-order valence-corrected chi connectivity index (χ1v) is 3.48. The van der Waals surface area contributed by atoms with Crippen molar-refractivity contribution < 1.29 is 0 Å². The van der Waals surface area contributed by atoms with E-state index in [1.807, 2.05) is 36.4 Å². The normalized spacial score (nSPS) is 10.2. The number of hydrogen-bond donors (Lipinski definition) is 1. The molecule has 0 amide bonds. The molecule has 0 atom stereocenters. The minimum atomic E-state index is 0.797. The van der Waals surface area contributed by atoms with Crippen LogP contribution in [0.4, 0.5) is 5.69 Å². The number of anilines is 1. The molecule has 0 unspecified atom stereocenters. The van der Waals surface area contributed by atoms with E-state index in [0.29, 0.717) is 0 Å². The van der Waals surface area contributed by atoms with Gasteiger partial charge in [-0.05, 0) is 11.6 Å². The summed E-state index contributed by atoms with van der Waals surface area (Å²) in [5, 5.41) is 0. The van der Waals surface area contributed by atoms with Gasteiger partial charge in [0.25, 0.3) is 0 Å². The third-order valence-electron chi connectivity index (χ3n) is 1.41. The summed E-state index contributed by atoms with van der Waals surface area (Å²) >= 11 is 0. The quantitative estimate of drug-likeness (QED) is 0.502. The lowest BCUT2D eigenvalue weighted by atomic mass is 10.2. The van der Waals surface area contributed by atoms with Crippen molar-refractivity contribution in [2.75, 3.05) is 5.73 Å². The maximum atomic E-state index is 5.68. The van der Waals surface area contributed by atoms with Gasteiger partial charge in [0.05, 0.1) is 0 Å². The maximum Gasteiger partial charge on any atom is 0.0387 e. The van der Waals surface area contributed by atoms with E-state index < -0.39 is 0 Å². The average Bonchev–Trinajstić information content (AvgIpc) is 2.03. The van der Waals surface area contributed by atoms with E-state index in [0.717, 1.165) is 11.3 Å². The first-order chi connectivity index (χ1) is 5.34. The molecule has 0 bridgehead atoms. The molecule has 0 aromatic heterocycles. The largest absolute Gasteiger partial charge is 0.398 e. The van der Waals surface area contributed by atoms with Gasteiger partial charge in [0, 0.05) is 5.69 Å². The number of para-hydroxylation sites is 1. The fourth-order valence-electron chi connectivity index (χ4n) is 0.834. The van der Waals surface area contributed by atoms with Crippen molar-refractivity contribution in [2.45, 2.75) is 0 Å². The van der Waals surface area contributed by atoms with Crippen LogP contribution in [0.15, 0.2) is 43.0 Å². The molecule has 1 rings (SSSR count). The Balaban J connectivity index is 2.94. The van der Waals surface area contributed by atoms with Crippen LogP contribution in [0.5, 0.6) is 0 Å². The highest BCUT2D eigenvalue weighted by atomic mass is 14.5. The lowest BCUT2D eigenvalue weighted by Gasteiger charge is -1.96. The third kappa shape index (κ3) is 1.97. The zero-order valence-corrected chi connectivity index (χ0v) is 6.33. The summed E-state index contributed by atoms with van der Waals surface area (Å²) in [6.07, 6.45) is 5.53. The van der Waals surface area contributed by atoms with Gasteiger partial charge in [-0.2, -0.15) is 0 Å². The zero-order valence-electron chi connectivity index (χ0n) is 6.33. The highest BCUT2D eigenvalue weighted by Gasteiger charge is 1.88. The van der Waals surface area contributed by atoms with Gasteiger partial charge in [-0.1, -0.05) is 43.0 Å². The Morgan fingerprint density at radius 1 is 1.27 bits per heavy atom. The summed E-state index contributed by atoms with van der Waals surface area (Å²) < 4.78 is 0. The van der Waals surface area contributed by atoms with E-state index in [-0.39, 0.29) is 0 Å². The van der Waals surface area contributed by atoms with Crippen LogP contribution >= 0.6 is 0 Å². The zero-order chi connectivity index (χ0) is 8.10. The van der Waals surface area contributed by atoms with Crippen molar-refractivity contribution in [2.24, 2.45) is 0 Å². The first-order valence-electron chi connectivity index (χ1n) is 3.48. The molecule has 0 aliphatic rings. The number of nitrogen functional groups attached to an aromatic ring is 1. The molecule has 0 aliphatic carbocycles. The van der Waals surface area contributed by atoms with Crippen LogP contribution in [0.3, 0.4) is 0 Å². The Labute approximate surface area is 66.9 Å². The van der Waals surface area contributed by atoms with Crippen molar-refractivity contribution in [3.05, 3.63) is 48.6 Å². The van der Waals surface area contributed by atoms with Gasteiger partial charge in [-0.25, -0.2) is 0 Å². The van der Waals surface area contributed by atoms with Gasteiger partial charge in [0.15, 0.2) is 0 Å². The minimum Gasteiger partial charge on any atom is -0.398 e. The number of allylic oxidation sites excluding steroid dienone is 2. The van der Waals surface area contributed by atoms with E-state index in [2.05, 4.69) is 6.58 Å². The highest BCUT2D eigenvalue weighted by Crippen LogP contribution is 2.11. The Hall–Kier alpha value is -1.50. The molecule has 1 heteroatoms. The Morgan fingerprint density at radius 2 is 2.00 bits per heavy atom. The van der Waals surface area contributed by atoms with Gasteiger partial charge in [-0.15, -0.1) is 0 Å². The molecule has 2 N–H and O–H groups in total. The van der Waals surface area contributed by atoms with Gasteiger partial charge in [0.2, 0.25) is 0 Å². The summed E-state index contributed by atoms with van der Waals surface area (Å²) in [6.45, 7) is 3.58. The van der Waals surface area contributed by atoms with Crippen molar-refractivity contribution in [1.29, 1.82) is 0 Å². The van der Waals surface area contributed by atoms with Crippen molar-refractivity contribution in [1.82, 2.24) is 0 Å². The van der Waals surface area contributed by atoms with Crippen LogP contribution < -0.4 is 5.73 Å². The van der Waals surface area contributed by atoms with E-state index in [1.54, 1.807) is 6.08 Å². The average molecular weight is 145 g/mol. The van der Waals surface area contributed by atoms with Crippen molar-refractivity contribution in [3.63, 3.8) is 0 Å². The summed E-state index contributed by atoms with van der Waals surface area (Å²) in [4.78, 5) is 0. The molecule has 11 heavy (non-hydrogen) atoms. The molecule has 0 aliphatic heterocycles. The lowest BCUT2D eigenvalue weighted by molar-refractivity contribution is 1.64. The fraction of sp³-hybridized carbons (Fsp3) is 0. The Morgan fingerprint density at radius 3 is 2.64 bits per heavy atom. The van der Waals surface area contributed by atoms with Crippen LogP contribution in [0, 0.1) is 0 Å². The monoisotopic (exact) mass is 145 g/mol. The van der Waals surface area contributed by atoms with Gasteiger partial charge >= 0.3 is 0 Å². The van der Waals surface area contributed by atoms with Crippen LogP contribution in [0.2, 0.25) is 0 Å². The maximum absolute atomic E-state index is 5.68. The molecule has 0 heterocycles. The second-order valence-electron chi connectivity index (χ2n) is 2.22. The molecular weight excluding hydrogens is 134 g/mol. The van der Waals surface area contributed by atoms with Gasteiger partial charge in [0.1, 0.15) is 0 Å². The summed E-state index contributed by atoms with van der Waals surface area (Å²) in [7, 11) is 0. The molecule has 0 radical (unpaired) electrons. The first kappa shape index (κ1) is 7.61. The third-order valence-corrected chi connectivity index (χ3v) is 1.41. The molecule has 56 valence electrons. The van der Waals surface area contributed by atoms with Crippen LogP contribution in [0.25, 0.3) is 6.08 Å². The van der Waals surface area contributed by atoms with Crippen molar-refractivity contribution >= 4 is 11.8 Å². The predicted octanol–water partition coefficient (Wildman–Crippen LogP) is 2.47. The lowest BCUT2D eigenvalue weighted by Crippen LogP contribution is -1.86. The summed E-state index contributed by atoms with van der Waals surface area (Å²) in [6, 6.07) is 7.72. The highest BCUT2D eigenvalue weighted by molar-refractivity contribution is 5.64. The molecular formula is C10H11N. The SMILES string of the molecule is C=C/C=C/c1ccccc1N. The van der Waals surface area contributed by atoms with Crippen LogP contribution in [0.1, 0.15) is 5.56 Å². The summed E-state index contributed by atoms with van der Waals surface area (Å²) in [5.41, 5.74) is 7.51. The topological polar surface area (TPSA) is 26.0 Å². The number of hydrogen-bond acceptors (Lipinski definition) is 1. The number of rotatable bonds is 2. The fourth-order valence-corrected chi connectivity index (χ4v) is 0.834. The number of nitrogens with two attached hydrogens (primary N) is 1. The smallest absolute Gasteiger partial charge is 0.0387 e. The van der Waals surface area contributed by atoms with Gasteiger partial charge in [-0.3, -0.25) is 0 Å². The molecule has 1 nitrogen and oxygen atoms in total. The van der Waals surface area contributed by atoms with E-state index in [4.69, 9.17) is 5.73 Å². The van der Waals surface area contributed by atoms with Crippen LogP contribution in [-0.4, -0.2) is 0 Å². The Kier molecular flexibility index (Phi) is 2.50. The van der Waals surface area contributed by atoms with E-state index >= 15 is 0 Å². The van der Waals surface area contributed by atoms with Crippen molar-refractivity contribution in [3.8, 4) is 0 Å². The molecule has 0 saturated heterocycles. The standard InChI is InChI=1S/C10H11N/c1-2-3-6-9-7-4-5-8-10(9)11/h2-8H,1,11H2/b6-3+. The molecule has 1 aromatic carbocycles. The minimum absolute atomic E-state index is 0.797. The molecule has 0 spiro atoms. The second-order valence-corrected chi connectivity index (χ2v) is 2.22. The van der Waals surface area contributed by atoms with E-state index in [9.17, 15) is 0 Å². The predicted molar refractivity (Wildman–Crippen MR) is 50.1 cm³/mol. The van der Waals surface area contributed by atoms with Crippen LogP contribution in [-0.2, 0) is 0 Å². The number of benzene rings is 1. The Bertz CT molecular complexity index is 274. The summed E-state index contributed by atoms with van der Waals surface area (Å²) in [5.74, 6) is 0. The molecule has 0 saturated carbocycles. The molecule has 0 fully saturated rings.